The molecule has 0 atom stereocenters. The Hall–Kier alpha value is -2.57. The molecule has 0 unspecified atom stereocenters. The van der Waals surface area contributed by atoms with Crippen LogP contribution in [0.2, 0.25) is 0 Å². The van der Waals surface area contributed by atoms with Crippen molar-refractivity contribution in [3.05, 3.63) is 65.0 Å². The second-order valence-corrected chi connectivity index (χ2v) is 6.21. The predicted molar refractivity (Wildman–Crippen MR) is 87.3 cm³/mol. The average Bonchev–Trinajstić information content (AvgIpc) is 3.43. The summed E-state index contributed by atoms with van der Waals surface area (Å²) < 4.78 is 56.7. The Balaban J connectivity index is 1.79. The Morgan fingerprint density at radius 3 is 2.31 bits per heavy atom. The Morgan fingerprint density at radius 1 is 1.15 bits per heavy atom. The highest BCUT2D eigenvalue weighted by Gasteiger charge is 2.34. The van der Waals surface area contributed by atoms with Crippen LogP contribution in [-0.2, 0) is 12.7 Å². The third-order valence-corrected chi connectivity index (χ3v) is 4.28. The summed E-state index contributed by atoms with van der Waals surface area (Å²) in [4.78, 5) is 14.3. The van der Waals surface area contributed by atoms with Gasteiger partial charge in [-0.2, -0.15) is 13.2 Å². The Morgan fingerprint density at radius 2 is 1.81 bits per heavy atom. The van der Waals surface area contributed by atoms with Gasteiger partial charge in [-0.1, -0.05) is 12.1 Å². The van der Waals surface area contributed by atoms with E-state index in [0.29, 0.717) is 5.56 Å². The van der Waals surface area contributed by atoms with E-state index in [1.807, 2.05) is 0 Å². The minimum Gasteiger partial charge on any atom is -0.494 e. The van der Waals surface area contributed by atoms with Crippen LogP contribution in [0.5, 0.6) is 5.75 Å². The zero-order valence-corrected chi connectivity index (χ0v) is 14.0. The van der Waals surface area contributed by atoms with E-state index < -0.39 is 17.6 Å². The molecule has 0 aromatic heterocycles. The highest BCUT2D eigenvalue weighted by Crippen LogP contribution is 2.32. The first-order valence-electron chi connectivity index (χ1n) is 8.10. The fourth-order valence-electron chi connectivity index (χ4n) is 2.71. The van der Waals surface area contributed by atoms with Crippen molar-refractivity contribution in [3.63, 3.8) is 0 Å². The molecular weight excluding hydrogens is 350 g/mol. The topological polar surface area (TPSA) is 29.5 Å². The summed E-state index contributed by atoms with van der Waals surface area (Å²) in [5.74, 6) is -0.945. The van der Waals surface area contributed by atoms with Gasteiger partial charge in [0.25, 0.3) is 5.91 Å². The lowest BCUT2D eigenvalue weighted by Crippen LogP contribution is -2.32. The molecule has 138 valence electrons. The van der Waals surface area contributed by atoms with Crippen molar-refractivity contribution in [3.8, 4) is 5.75 Å². The number of hydrogen-bond acceptors (Lipinski definition) is 2. The number of ether oxygens (including phenoxy) is 1. The van der Waals surface area contributed by atoms with Crippen molar-refractivity contribution in [2.45, 2.75) is 31.6 Å². The van der Waals surface area contributed by atoms with E-state index in [9.17, 15) is 22.4 Å². The van der Waals surface area contributed by atoms with E-state index in [1.54, 1.807) is 4.90 Å². The van der Waals surface area contributed by atoms with Crippen LogP contribution in [0.25, 0.3) is 0 Å². The predicted octanol–water partition coefficient (Wildman–Crippen LogP) is 4.66. The van der Waals surface area contributed by atoms with Gasteiger partial charge in [0.2, 0.25) is 0 Å². The van der Waals surface area contributed by atoms with Crippen LogP contribution < -0.4 is 4.74 Å². The maximum Gasteiger partial charge on any atom is 0.416 e. The number of halogens is 4. The van der Waals surface area contributed by atoms with Crippen LogP contribution in [0.4, 0.5) is 17.6 Å². The fraction of sp³-hybridized carbons (Fsp3) is 0.316. The van der Waals surface area contributed by atoms with Crippen molar-refractivity contribution < 1.29 is 27.1 Å². The van der Waals surface area contributed by atoms with E-state index in [4.69, 9.17) is 4.74 Å². The molecule has 3 rings (SSSR count). The molecule has 7 heteroatoms. The molecule has 0 aliphatic heterocycles. The molecule has 0 spiro atoms. The minimum atomic E-state index is -4.40. The molecule has 3 nitrogen and oxygen atoms in total. The smallest absolute Gasteiger partial charge is 0.416 e. The van der Waals surface area contributed by atoms with Crippen molar-refractivity contribution in [1.29, 1.82) is 0 Å². The van der Waals surface area contributed by atoms with Crippen LogP contribution in [0, 0.1) is 5.82 Å². The SMILES string of the molecule is COc1ccc(C(=O)N(Cc2ccc(C(F)(F)F)cc2)C2CC2)cc1F. The molecule has 2 aromatic carbocycles. The van der Waals surface area contributed by atoms with Crippen LogP contribution >= 0.6 is 0 Å². The van der Waals surface area contributed by atoms with E-state index in [2.05, 4.69) is 0 Å². The van der Waals surface area contributed by atoms with Gasteiger partial charge in [0.1, 0.15) is 0 Å². The summed E-state index contributed by atoms with van der Waals surface area (Å²) in [6, 6.07) is 8.72. The molecule has 1 fully saturated rings. The van der Waals surface area contributed by atoms with Gasteiger partial charge in [-0.3, -0.25) is 4.79 Å². The molecular formula is C19H17F4NO2. The van der Waals surface area contributed by atoms with E-state index in [1.165, 1.54) is 31.4 Å². The average molecular weight is 367 g/mol. The first-order chi connectivity index (χ1) is 12.3. The van der Waals surface area contributed by atoms with Crippen LogP contribution in [-0.4, -0.2) is 24.0 Å². The molecule has 1 amide bonds. The highest BCUT2D eigenvalue weighted by atomic mass is 19.4. The minimum absolute atomic E-state index is 0.0231. The first-order valence-corrected chi connectivity index (χ1v) is 8.10. The van der Waals surface area contributed by atoms with E-state index >= 15 is 0 Å². The second kappa shape index (κ2) is 6.97. The van der Waals surface area contributed by atoms with Crippen molar-refractivity contribution >= 4 is 5.91 Å². The molecule has 1 saturated carbocycles. The van der Waals surface area contributed by atoms with Gasteiger partial charge in [0, 0.05) is 18.2 Å². The van der Waals surface area contributed by atoms with Crippen LogP contribution in [0.15, 0.2) is 42.5 Å². The second-order valence-electron chi connectivity index (χ2n) is 6.21. The molecule has 2 aromatic rings. The molecule has 0 saturated heterocycles. The number of hydrogen-bond donors (Lipinski definition) is 0. The maximum absolute atomic E-state index is 13.9. The monoisotopic (exact) mass is 367 g/mol. The summed E-state index contributed by atoms with van der Waals surface area (Å²) in [6.07, 6.45) is -2.75. The van der Waals surface area contributed by atoms with Gasteiger partial charge in [-0.25, -0.2) is 4.39 Å². The molecule has 1 aliphatic carbocycles. The highest BCUT2D eigenvalue weighted by molar-refractivity contribution is 5.94. The molecule has 1 aliphatic rings. The van der Waals surface area contributed by atoms with Gasteiger partial charge >= 0.3 is 6.18 Å². The largest absolute Gasteiger partial charge is 0.494 e. The van der Waals surface area contributed by atoms with Crippen LogP contribution in [0.1, 0.15) is 34.3 Å². The number of methoxy groups -OCH3 is 1. The zero-order chi connectivity index (χ0) is 18.9. The number of amides is 1. The lowest BCUT2D eigenvalue weighted by molar-refractivity contribution is -0.137. The molecule has 26 heavy (non-hydrogen) atoms. The quantitative estimate of drug-likeness (QED) is 0.720. The van der Waals surface area contributed by atoms with Gasteiger partial charge < -0.3 is 9.64 Å². The first kappa shape index (κ1) is 18.2. The van der Waals surface area contributed by atoms with Crippen LogP contribution in [0.3, 0.4) is 0 Å². The summed E-state index contributed by atoms with van der Waals surface area (Å²) in [5, 5.41) is 0. The third kappa shape index (κ3) is 3.98. The summed E-state index contributed by atoms with van der Waals surface area (Å²) in [7, 11) is 1.33. The van der Waals surface area contributed by atoms with Gasteiger partial charge in [0.05, 0.1) is 12.7 Å². The lowest BCUT2D eigenvalue weighted by Gasteiger charge is -2.23. The normalized spacial score (nSPS) is 14.2. The summed E-state index contributed by atoms with van der Waals surface area (Å²) in [5.41, 5.74) is 0.0390. The zero-order valence-electron chi connectivity index (χ0n) is 14.0. The third-order valence-electron chi connectivity index (χ3n) is 4.28. The molecule has 0 heterocycles. The maximum atomic E-state index is 13.9. The summed E-state index contributed by atoms with van der Waals surface area (Å²) >= 11 is 0. The number of rotatable bonds is 5. The fourth-order valence-corrected chi connectivity index (χ4v) is 2.71. The van der Waals surface area contributed by atoms with Crippen molar-refractivity contribution in [2.24, 2.45) is 0 Å². The van der Waals surface area contributed by atoms with Gasteiger partial charge in [0.15, 0.2) is 11.6 Å². The number of carbonyl (C=O) groups is 1. The Kier molecular flexibility index (Phi) is 4.89. The summed E-state index contributed by atoms with van der Waals surface area (Å²) in [6.45, 7) is 0.176. The van der Waals surface area contributed by atoms with E-state index in [0.717, 1.165) is 31.0 Å². The number of alkyl halides is 3. The van der Waals surface area contributed by atoms with Crippen molar-refractivity contribution in [2.75, 3.05) is 7.11 Å². The number of nitrogens with zero attached hydrogens (tertiary/aromatic N) is 1. The number of benzene rings is 2. The standard InChI is InChI=1S/C19H17F4NO2/c1-26-17-9-4-13(10-16(17)20)18(25)24(15-7-8-15)11-12-2-5-14(6-3-12)19(21,22)23/h2-6,9-10,15H,7-8,11H2,1H3. The van der Waals surface area contributed by atoms with Gasteiger partial charge in [-0.05, 0) is 48.7 Å². The molecule has 0 N–H and O–H groups in total. The van der Waals surface area contributed by atoms with Gasteiger partial charge in [-0.15, -0.1) is 0 Å². The van der Waals surface area contributed by atoms with Crippen molar-refractivity contribution in [1.82, 2.24) is 4.90 Å². The number of carbonyl (C=O) groups excluding carboxylic acids is 1. The molecule has 0 bridgehead atoms. The molecule has 0 radical (unpaired) electrons. The Bertz CT molecular complexity index is 798. The van der Waals surface area contributed by atoms with E-state index in [-0.39, 0.29) is 29.8 Å². The lowest BCUT2D eigenvalue weighted by atomic mass is 10.1. The Labute approximate surface area is 148 Å².